The van der Waals surface area contributed by atoms with E-state index in [1.54, 1.807) is 0 Å². The van der Waals surface area contributed by atoms with Crippen molar-refractivity contribution in [3.8, 4) is 0 Å². The topological polar surface area (TPSA) is 24.5 Å². The van der Waals surface area contributed by atoms with Crippen LogP contribution in [0.5, 0.6) is 0 Å². The van der Waals surface area contributed by atoms with Crippen LogP contribution in [0.15, 0.2) is 0 Å². The van der Waals surface area contributed by atoms with E-state index in [1.165, 1.54) is 32.5 Å². The summed E-state index contributed by atoms with van der Waals surface area (Å²) in [5.74, 6) is 2.54. The first kappa shape index (κ1) is 14.3. The Morgan fingerprint density at radius 1 is 1.28 bits per heavy atom. The summed E-state index contributed by atoms with van der Waals surface area (Å²) in [6.45, 7) is 13.5. The molecule has 3 unspecified atom stereocenters. The van der Waals surface area contributed by atoms with Crippen LogP contribution >= 0.6 is 0 Å². The zero-order valence-corrected chi connectivity index (χ0v) is 12.3. The van der Waals surface area contributed by atoms with Gasteiger partial charge in [-0.2, -0.15) is 0 Å². The lowest BCUT2D eigenvalue weighted by Gasteiger charge is -2.26. The molecule has 2 rings (SSSR count). The van der Waals surface area contributed by atoms with Crippen molar-refractivity contribution in [3.63, 3.8) is 0 Å². The highest BCUT2D eigenvalue weighted by atomic mass is 16.5. The van der Waals surface area contributed by atoms with Crippen LogP contribution in [0, 0.1) is 17.8 Å². The van der Waals surface area contributed by atoms with Gasteiger partial charge in [0.15, 0.2) is 0 Å². The van der Waals surface area contributed by atoms with E-state index < -0.39 is 0 Å². The van der Waals surface area contributed by atoms with Gasteiger partial charge in [-0.25, -0.2) is 0 Å². The molecule has 0 aromatic carbocycles. The van der Waals surface area contributed by atoms with Gasteiger partial charge in [-0.05, 0) is 43.7 Å². The standard InChI is InChI=1S/C15H30N2O/c1-4-15-14-10-16-9-13(14)11-17(15)6-8-18-7-5-12(2)3/h12-16H,4-11H2,1-3H3. The van der Waals surface area contributed by atoms with E-state index in [4.69, 9.17) is 4.74 Å². The zero-order valence-electron chi connectivity index (χ0n) is 12.3. The Morgan fingerprint density at radius 2 is 2.11 bits per heavy atom. The number of nitrogens with one attached hydrogen (secondary N) is 1. The van der Waals surface area contributed by atoms with Gasteiger partial charge >= 0.3 is 0 Å². The third-order valence-corrected chi connectivity index (χ3v) is 4.60. The Bertz CT molecular complexity index is 245. The van der Waals surface area contributed by atoms with Crippen molar-refractivity contribution in [2.45, 2.75) is 39.7 Å². The van der Waals surface area contributed by atoms with Crippen LogP contribution in [0.25, 0.3) is 0 Å². The minimum Gasteiger partial charge on any atom is -0.380 e. The van der Waals surface area contributed by atoms with Crippen LogP contribution in [-0.4, -0.2) is 50.3 Å². The normalized spacial score (nSPS) is 32.3. The van der Waals surface area contributed by atoms with Gasteiger partial charge in [0.25, 0.3) is 0 Å². The van der Waals surface area contributed by atoms with Crippen LogP contribution < -0.4 is 5.32 Å². The summed E-state index contributed by atoms with van der Waals surface area (Å²) in [6, 6.07) is 0.790. The predicted molar refractivity (Wildman–Crippen MR) is 75.8 cm³/mol. The summed E-state index contributed by atoms with van der Waals surface area (Å²) in [7, 11) is 0. The maximum Gasteiger partial charge on any atom is 0.0593 e. The van der Waals surface area contributed by atoms with Gasteiger partial charge in [0.05, 0.1) is 6.61 Å². The number of hydrogen-bond donors (Lipinski definition) is 1. The number of hydrogen-bond acceptors (Lipinski definition) is 3. The maximum absolute atomic E-state index is 5.76. The van der Waals surface area contributed by atoms with Crippen LogP contribution in [0.1, 0.15) is 33.6 Å². The van der Waals surface area contributed by atoms with Gasteiger partial charge in [0.1, 0.15) is 0 Å². The van der Waals surface area contributed by atoms with Crippen LogP contribution in [0.3, 0.4) is 0 Å². The molecule has 0 spiro atoms. The zero-order chi connectivity index (χ0) is 13.0. The monoisotopic (exact) mass is 254 g/mol. The second-order valence-corrected chi connectivity index (χ2v) is 6.35. The SMILES string of the molecule is CCC1C2CNCC2CN1CCOCCC(C)C. The summed E-state index contributed by atoms with van der Waals surface area (Å²) in [4.78, 5) is 2.67. The van der Waals surface area contributed by atoms with Crippen molar-refractivity contribution in [1.82, 2.24) is 10.2 Å². The molecule has 18 heavy (non-hydrogen) atoms. The molecule has 2 aliphatic rings. The number of rotatable bonds is 7. The van der Waals surface area contributed by atoms with Gasteiger partial charge in [-0.15, -0.1) is 0 Å². The second-order valence-electron chi connectivity index (χ2n) is 6.35. The molecule has 3 atom stereocenters. The fraction of sp³-hybridized carbons (Fsp3) is 1.00. The van der Waals surface area contributed by atoms with Gasteiger partial charge in [-0.1, -0.05) is 20.8 Å². The summed E-state index contributed by atoms with van der Waals surface area (Å²) in [6.07, 6.45) is 2.47. The third kappa shape index (κ3) is 3.46. The van der Waals surface area contributed by atoms with Crippen LogP contribution in [-0.2, 0) is 4.74 Å². The summed E-state index contributed by atoms with van der Waals surface area (Å²) in [5.41, 5.74) is 0. The van der Waals surface area contributed by atoms with Crippen molar-refractivity contribution in [2.24, 2.45) is 17.8 Å². The smallest absolute Gasteiger partial charge is 0.0593 e. The van der Waals surface area contributed by atoms with E-state index >= 15 is 0 Å². The lowest BCUT2D eigenvalue weighted by atomic mass is 9.93. The Hall–Kier alpha value is -0.120. The predicted octanol–water partition coefficient (Wildman–Crippen LogP) is 1.98. The van der Waals surface area contributed by atoms with E-state index in [-0.39, 0.29) is 0 Å². The molecule has 106 valence electrons. The number of fused-ring (bicyclic) bond motifs is 1. The molecule has 0 amide bonds. The first-order valence-electron chi connectivity index (χ1n) is 7.74. The Morgan fingerprint density at radius 3 is 2.83 bits per heavy atom. The highest BCUT2D eigenvalue weighted by Gasteiger charge is 2.42. The molecule has 0 bridgehead atoms. The molecule has 0 aromatic rings. The molecule has 0 aliphatic carbocycles. The largest absolute Gasteiger partial charge is 0.380 e. The average molecular weight is 254 g/mol. The first-order chi connectivity index (χ1) is 8.72. The Balaban J connectivity index is 1.66. The van der Waals surface area contributed by atoms with Crippen molar-refractivity contribution in [1.29, 1.82) is 0 Å². The summed E-state index contributed by atoms with van der Waals surface area (Å²) in [5, 5.41) is 3.54. The fourth-order valence-electron chi connectivity index (χ4n) is 3.53. The molecule has 1 N–H and O–H groups in total. The number of likely N-dealkylation sites (tertiary alicyclic amines) is 1. The highest BCUT2D eigenvalue weighted by molar-refractivity contribution is 4.97. The maximum atomic E-state index is 5.76. The summed E-state index contributed by atoms with van der Waals surface area (Å²) < 4.78 is 5.76. The van der Waals surface area contributed by atoms with Crippen molar-refractivity contribution in [3.05, 3.63) is 0 Å². The lowest BCUT2D eigenvalue weighted by Crippen LogP contribution is -2.37. The Labute approximate surface area is 112 Å². The summed E-state index contributed by atoms with van der Waals surface area (Å²) >= 11 is 0. The van der Waals surface area contributed by atoms with Crippen LogP contribution in [0.4, 0.5) is 0 Å². The van der Waals surface area contributed by atoms with E-state index in [9.17, 15) is 0 Å². The Kier molecular flexibility index (Phi) is 5.46. The van der Waals surface area contributed by atoms with Gasteiger partial charge in [0, 0.05) is 25.7 Å². The fourth-order valence-corrected chi connectivity index (χ4v) is 3.53. The molecular formula is C15H30N2O. The molecule has 2 aliphatic heterocycles. The minimum atomic E-state index is 0.755. The van der Waals surface area contributed by atoms with E-state index in [0.717, 1.165) is 43.6 Å². The average Bonchev–Trinajstić information content (AvgIpc) is 2.87. The number of nitrogens with zero attached hydrogens (tertiary/aromatic N) is 1. The quantitative estimate of drug-likeness (QED) is 0.703. The molecule has 0 aromatic heterocycles. The van der Waals surface area contributed by atoms with Gasteiger partial charge < -0.3 is 10.1 Å². The number of ether oxygens (including phenoxy) is 1. The molecule has 3 heteroatoms. The third-order valence-electron chi connectivity index (χ3n) is 4.60. The van der Waals surface area contributed by atoms with Crippen LogP contribution in [0.2, 0.25) is 0 Å². The lowest BCUT2D eigenvalue weighted by molar-refractivity contribution is 0.0873. The molecule has 2 fully saturated rings. The molecule has 0 radical (unpaired) electrons. The van der Waals surface area contributed by atoms with Gasteiger partial charge in [-0.3, -0.25) is 4.90 Å². The first-order valence-corrected chi connectivity index (χ1v) is 7.74. The van der Waals surface area contributed by atoms with Gasteiger partial charge in [0.2, 0.25) is 0 Å². The van der Waals surface area contributed by atoms with E-state index in [0.29, 0.717) is 0 Å². The van der Waals surface area contributed by atoms with E-state index in [2.05, 4.69) is 31.0 Å². The molecule has 2 heterocycles. The highest BCUT2D eigenvalue weighted by Crippen LogP contribution is 2.33. The molecule has 0 saturated carbocycles. The molecule has 3 nitrogen and oxygen atoms in total. The van der Waals surface area contributed by atoms with Crippen molar-refractivity contribution >= 4 is 0 Å². The van der Waals surface area contributed by atoms with E-state index in [1.807, 2.05) is 0 Å². The van der Waals surface area contributed by atoms with Crippen molar-refractivity contribution in [2.75, 3.05) is 39.4 Å². The molecular weight excluding hydrogens is 224 g/mol. The minimum absolute atomic E-state index is 0.755. The van der Waals surface area contributed by atoms with Crippen molar-refractivity contribution < 1.29 is 4.74 Å². The second kappa shape index (κ2) is 6.88. The molecule has 2 saturated heterocycles.